The third-order valence-electron chi connectivity index (χ3n) is 4.99. The van der Waals surface area contributed by atoms with Crippen LogP contribution in [0.4, 0.5) is 10.8 Å². The molecule has 160 valence electrons. The predicted octanol–water partition coefficient (Wildman–Crippen LogP) is 2.75. The van der Waals surface area contributed by atoms with E-state index in [1.807, 2.05) is 29.6 Å². The van der Waals surface area contributed by atoms with Gasteiger partial charge in [0.1, 0.15) is 12.3 Å². The lowest BCUT2D eigenvalue weighted by atomic mass is 10.2. The van der Waals surface area contributed by atoms with Crippen LogP contribution in [0.2, 0.25) is 5.02 Å². The van der Waals surface area contributed by atoms with Gasteiger partial charge in [-0.1, -0.05) is 29.8 Å². The zero-order chi connectivity index (χ0) is 21.8. The molecule has 2 aromatic heterocycles. The Bertz CT molecular complexity index is 1080. The summed E-state index contributed by atoms with van der Waals surface area (Å²) < 4.78 is 0. The molecule has 0 bridgehead atoms. The van der Waals surface area contributed by atoms with Crippen molar-refractivity contribution in [3.63, 3.8) is 0 Å². The number of hydrogen-bond acceptors (Lipinski definition) is 7. The van der Waals surface area contributed by atoms with Gasteiger partial charge in [-0.3, -0.25) is 14.9 Å². The van der Waals surface area contributed by atoms with Crippen molar-refractivity contribution in [3.05, 3.63) is 58.7 Å². The smallest absolute Gasteiger partial charge is 0.276 e. The summed E-state index contributed by atoms with van der Waals surface area (Å²) in [6.45, 7) is 1.90. The Morgan fingerprint density at radius 1 is 1.13 bits per heavy atom. The molecule has 1 fully saturated rings. The highest BCUT2D eigenvalue weighted by Gasteiger charge is 2.21. The number of nitrogens with one attached hydrogen (secondary N) is 1. The first kappa shape index (κ1) is 21.2. The molecule has 2 amide bonds. The summed E-state index contributed by atoms with van der Waals surface area (Å²) in [5.74, 6) is -0.602. The van der Waals surface area contributed by atoms with Crippen LogP contribution in [0.25, 0.3) is 11.3 Å². The molecule has 0 spiro atoms. The molecule has 0 unspecified atom stereocenters. The van der Waals surface area contributed by atoms with Gasteiger partial charge in [0.05, 0.1) is 17.6 Å². The number of carbonyl (C=O) groups excluding carboxylic acids is 2. The zero-order valence-corrected chi connectivity index (χ0v) is 18.1. The highest BCUT2D eigenvalue weighted by Crippen LogP contribution is 2.30. The van der Waals surface area contributed by atoms with Crippen molar-refractivity contribution < 1.29 is 14.7 Å². The van der Waals surface area contributed by atoms with Gasteiger partial charge in [0.25, 0.3) is 5.91 Å². The Morgan fingerprint density at radius 3 is 2.58 bits per heavy atom. The molecule has 4 rings (SSSR count). The summed E-state index contributed by atoms with van der Waals surface area (Å²) >= 11 is 7.53. The van der Waals surface area contributed by atoms with E-state index in [-0.39, 0.29) is 17.5 Å². The molecule has 0 aliphatic carbocycles. The third kappa shape index (κ3) is 4.84. The average Bonchev–Trinajstić information content (AvgIpc) is 3.27. The molecule has 10 heteroatoms. The number of nitrogens with zero attached hydrogens (tertiary/aromatic N) is 4. The van der Waals surface area contributed by atoms with E-state index in [9.17, 15) is 9.59 Å². The molecule has 8 nitrogen and oxygen atoms in total. The van der Waals surface area contributed by atoms with Gasteiger partial charge < -0.3 is 14.9 Å². The van der Waals surface area contributed by atoms with Crippen molar-refractivity contribution in [2.75, 3.05) is 43.0 Å². The normalized spacial score (nSPS) is 13.9. The number of amides is 2. The lowest BCUT2D eigenvalue weighted by molar-refractivity contribution is -0.134. The van der Waals surface area contributed by atoms with Crippen molar-refractivity contribution in [2.24, 2.45) is 0 Å². The number of pyridine rings is 1. The summed E-state index contributed by atoms with van der Waals surface area (Å²) in [7, 11) is 0. The minimum Gasteiger partial charge on any atom is -0.387 e. The quantitative estimate of drug-likeness (QED) is 0.611. The van der Waals surface area contributed by atoms with Crippen LogP contribution < -0.4 is 10.2 Å². The minimum atomic E-state index is -0.468. The first-order valence-corrected chi connectivity index (χ1v) is 10.9. The summed E-state index contributed by atoms with van der Waals surface area (Å²) in [5, 5.41) is 14.7. The van der Waals surface area contributed by atoms with E-state index in [0.29, 0.717) is 42.0 Å². The summed E-state index contributed by atoms with van der Waals surface area (Å²) in [4.78, 5) is 36.6. The number of aliphatic hydroxyl groups is 1. The first-order valence-electron chi connectivity index (χ1n) is 9.66. The molecule has 0 radical (unpaired) electrons. The van der Waals surface area contributed by atoms with E-state index in [4.69, 9.17) is 16.7 Å². The van der Waals surface area contributed by atoms with Crippen LogP contribution in [-0.4, -0.2) is 64.6 Å². The highest BCUT2D eigenvalue weighted by molar-refractivity contribution is 7.14. The van der Waals surface area contributed by atoms with E-state index >= 15 is 0 Å². The minimum absolute atomic E-state index is 0.260. The lowest BCUT2D eigenvalue weighted by Crippen LogP contribution is -2.49. The fourth-order valence-electron chi connectivity index (χ4n) is 3.31. The molecule has 3 aromatic rings. The Balaban J connectivity index is 1.37. The monoisotopic (exact) mass is 457 g/mol. The molecule has 0 saturated carbocycles. The van der Waals surface area contributed by atoms with Crippen LogP contribution in [0.1, 0.15) is 10.5 Å². The molecule has 31 heavy (non-hydrogen) atoms. The van der Waals surface area contributed by atoms with Crippen molar-refractivity contribution in [2.45, 2.75) is 0 Å². The number of hydrogen-bond donors (Lipinski definition) is 2. The maximum Gasteiger partial charge on any atom is 0.276 e. The fraction of sp³-hybridized carbons (Fsp3) is 0.238. The maximum atomic E-state index is 12.6. The topological polar surface area (TPSA) is 98.7 Å². The summed E-state index contributed by atoms with van der Waals surface area (Å²) in [5.41, 5.74) is 2.67. The van der Waals surface area contributed by atoms with E-state index < -0.39 is 6.61 Å². The molecule has 1 aliphatic heterocycles. The van der Waals surface area contributed by atoms with Crippen molar-refractivity contribution in [3.8, 4) is 11.3 Å². The Labute approximate surface area is 188 Å². The van der Waals surface area contributed by atoms with Crippen LogP contribution >= 0.6 is 22.9 Å². The number of carbonyl (C=O) groups is 2. The van der Waals surface area contributed by atoms with Crippen LogP contribution in [0.5, 0.6) is 0 Å². The second kappa shape index (κ2) is 9.42. The second-order valence-corrected chi connectivity index (χ2v) is 8.16. The number of rotatable bonds is 5. The molecule has 0 atom stereocenters. The van der Waals surface area contributed by atoms with Gasteiger partial charge in [0, 0.05) is 42.1 Å². The van der Waals surface area contributed by atoms with Crippen LogP contribution in [0, 0.1) is 0 Å². The van der Waals surface area contributed by atoms with Crippen LogP contribution in [-0.2, 0) is 4.79 Å². The fourth-order valence-corrected chi connectivity index (χ4v) is 4.24. The van der Waals surface area contributed by atoms with Crippen molar-refractivity contribution in [1.82, 2.24) is 14.9 Å². The third-order valence-corrected chi connectivity index (χ3v) is 6.08. The first-order chi connectivity index (χ1) is 15.0. The number of piperazine rings is 1. The Hall–Kier alpha value is -3.01. The van der Waals surface area contributed by atoms with Gasteiger partial charge in [-0.15, -0.1) is 11.3 Å². The molecule has 2 N–H and O–H groups in total. The average molecular weight is 458 g/mol. The molecule has 1 aromatic carbocycles. The summed E-state index contributed by atoms with van der Waals surface area (Å²) in [6.07, 6.45) is 1.65. The highest BCUT2D eigenvalue weighted by atomic mass is 35.5. The summed E-state index contributed by atoms with van der Waals surface area (Å²) in [6, 6.07) is 10.9. The Morgan fingerprint density at radius 2 is 1.90 bits per heavy atom. The van der Waals surface area contributed by atoms with Gasteiger partial charge in [0.2, 0.25) is 5.91 Å². The van der Waals surface area contributed by atoms with Crippen molar-refractivity contribution >= 4 is 45.6 Å². The molecular formula is C21H20ClN5O3S. The van der Waals surface area contributed by atoms with E-state index in [1.165, 1.54) is 11.3 Å². The lowest BCUT2D eigenvalue weighted by Gasteiger charge is -2.35. The largest absolute Gasteiger partial charge is 0.387 e. The molecular weight excluding hydrogens is 438 g/mol. The van der Waals surface area contributed by atoms with Crippen LogP contribution in [0.15, 0.2) is 48.0 Å². The van der Waals surface area contributed by atoms with E-state index in [2.05, 4.69) is 20.2 Å². The van der Waals surface area contributed by atoms with Gasteiger partial charge in [-0.05, 0) is 18.2 Å². The van der Waals surface area contributed by atoms with Gasteiger partial charge >= 0.3 is 0 Å². The number of benzene rings is 1. The SMILES string of the molecule is O=C(Nc1nc(-c2ccccc2Cl)cs1)c1ccc(N2CCN(C(=O)CO)CC2)cn1. The van der Waals surface area contributed by atoms with Gasteiger partial charge in [-0.25, -0.2) is 9.97 Å². The molecule has 3 heterocycles. The number of aliphatic hydroxyl groups excluding tert-OH is 1. The Kier molecular flexibility index (Phi) is 6.45. The van der Waals surface area contributed by atoms with E-state index in [1.54, 1.807) is 23.2 Å². The van der Waals surface area contributed by atoms with Crippen molar-refractivity contribution in [1.29, 1.82) is 0 Å². The number of halogens is 1. The van der Waals surface area contributed by atoms with Crippen LogP contribution in [0.3, 0.4) is 0 Å². The zero-order valence-electron chi connectivity index (χ0n) is 16.5. The van der Waals surface area contributed by atoms with E-state index in [0.717, 1.165) is 11.3 Å². The van der Waals surface area contributed by atoms with Gasteiger partial charge in [0.15, 0.2) is 5.13 Å². The second-order valence-electron chi connectivity index (χ2n) is 6.90. The predicted molar refractivity (Wildman–Crippen MR) is 121 cm³/mol. The maximum absolute atomic E-state index is 12.6. The standard InChI is InChI=1S/C21H20ClN5O3S/c22-16-4-2-1-3-15(16)18-13-31-21(24-18)25-20(30)17-6-5-14(11-23-17)26-7-9-27(10-8-26)19(29)12-28/h1-6,11,13,28H,7-10,12H2,(H,24,25,30). The number of anilines is 2. The number of thiazole rings is 1. The van der Waals surface area contributed by atoms with Gasteiger partial charge in [-0.2, -0.15) is 0 Å². The number of aromatic nitrogens is 2. The molecule has 1 aliphatic rings. The molecule has 1 saturated heterocycles.